The number of carbonyl (C=O) groups is 2. The SMILES string of the molecule is CC(C)Cn1ccc2cc(NC(=O)C3CCCN3C(=O)C(C)(C)C)ccc21. The number of nitrogens with zero attached hydrogens (tertiary/aromatic N) is 2. The maximum atomic E-state index is 12.8. The number of rotatable bonds is 4. The second kappa shape index (κ2) is 7.37. The largest absolute Gasteiger partial charge is 0.347 e. The van der Waals surface area contributed by atoms with Crippen LogP contribution in [-0.2, 0) is 16.1 Å². The summed E-state index contributed by atoms with van der Waals surface area (Å²) in [7, 11) is 0. The summed E-state index contributed by atoms with van der Waals surface area (Å²) in [6.45, 7) is 11.7. The molecule has 5 nitrogen and oxygen atoms in total. The van der Waals surface area contributed by atoms with Gasteiger partial charge in [-0.05, 0) is 43.0 Å². The van der Waals surface area contributed by atoms with Crippen LogP contribution in [0.25, 0.3) is 10.9 Å². The first-order valence-corrected chi connectivity index (χ1v) is 9.87. The van der Waals surface area contributed by atoms with Gasteiger partial charge in [0.05, 0.1) is 0 Å². The topological polar surface area (TPSA) is 54.3 Å². The van der Waals surface area contributed by atoms with Crippen molar-refractivity contribution in [3.05, 3.63) is 30.5 Å². The summed E-state index contributed by atoms with van der Waals surface area (Å²) in [5.41, 5.74) is 1.48. The van der Waals surface area contributed by atoms with E-state index in [1.165, 1.54) is 5.52 Å². The smallest absolute Gasteiger partial charge is 0.247 e. The van der Waals surface area contributed by atoms with E-state index >= 15 is 0 Å². The van der Waals surface area contributed by atoms with E-state index in [9.17, 15) is 9.59 Å². The van der Waals surface area contributed by atoms with Gasteiger partial charge in [-0.3, -0.25) is 9.59 Å². The van der Waals surface area contributed by atoms with E-state index < -0.39 is 5.41 Å². The summed E-state index contributed by atoms with van der Waals surface area (Å²) in [5, 5.41) is 4.13. The fourth-order valence-corrected chi connectivity index (χ4v) is 3.77. The molecule has 1 N–H and O–H groups in total. The van der Waals surface area contributed by atoms with Gasteiger partial charge in [0.15, 0.2) is 0 Å². The third kappa shape index (κ3) is 4.18. The van der Waals surface area contributed by atoms with Crippen LogP contribution in [0.15, 0.2) is 30.5 Å². The first-order chi connectivity index (χ1) is 12.7. The standard InChI is InChI=1S/C22H31N3O2/c1-15(2)14-24-12-10-16-13-17(8-9-18(16)24)23-20(26)19-7-6-11-25(19)21(27)22(3,4)5/h8-10,12-13,15,19H,6-7,11,14H2,1-5H3,(H,23,26). The van der Waals surface area contributed by atoms with Crippen LogP contribution in [0.2, 0.25) is 0 Å². The highest BCUT2D eigenvalue weighted by Crippen LogP contribution is 2.27. The minimum absolute atomic E-state index is 0.0429. The summed E-state index contributed by atoms with van der Waals surface area (Å²) in [6, 6.07) is 7.72. The predicted octanol–water partition coefficient (Wildman–Crippen LogP) is 4.27. The molecule has 5 heteroatoms. The molecule has 3 rings (SSSR count). The minimum Gasteiger partial charge on any atom is -0.347 e. The van der Waals surface area contributed by atoms with Crippen LogP contribution >= 0.6 is 0 Å². The Morgan fingerprint density at radius 3 is 2.63 bits per heavy atom. The van der Waals surface area contributed by atoms with E-state index in [0.717, 1.165) is 30.5 Å². The maximum absolute atomic E-state index is 12.8. The quantitative estimate of drug-likeness (QED) is 0.875. The van der Waals surface area contributed by atoms with Crippen molar-refractivity contribution in [1.82, 2.24) is 9.47 Å². The van der Waals surface area contributed by atoms with Crippen molar-refractivity contribution in [2.75, 3.05) is 11.9 Å². The monoisotopic (exact) mass is 369 g/mol. The molecule has 0 bridgehead atoms. The van der Waals surface area contributed by atoms with Gasteiger partial charge in [-0.15, -0.1) is 0 Å². The number of fused-ring (bicyclic) bond motifs is 1. The van der Waals surface area contributed by atoms with Crippen molar-refractivity contribution in [1.29, 1.82) is 0 Å². The zero-order chi connectivity index (χ0) is 19.8. The summed E-state index contributed by atoms with van der Waals surface area (Å²) >= 11 is 0. The van der Waals surface area contributed by atoms with Crippen molar-refractivity contribution in [2.45, 2.75) is 60.0 Å². The molecule has 1 aliphatic heterocycles. The van der Waals surface area contributed by atoms with E-state index in [4.69, 9.17) is 0 Å². The van der Waals surface area contributed by atoms with Crippen LogP contribution in [0.3, 0.4) is 0 Å². The molecule has 27 heavy (non-hydrogen) atoms. The first-order valence-electron chi connectivity index (χ1n) is 9.87. The third-order valence-corrected chi connectivity index (χ3v) is 5.06. The molecule has 1 aromatic heterocycles. The van der Waals surface area contributed by atoms with Crippen molar-refractivity contribution in [2.24, 2.45) is 11.3 Å². The second-order valence-electron chi connectivity index (χ2n) is 9.03. The molecule has 1 aromatic carbocycles. The van der Waals surface area contributed by atoms with Crippen molar-refractivity contribution in [3.8, 4) is 0 Å². The lowest BCUT2D eigenvalue weighted by atomic mass is 9.94. The van der Waals surface area contributed by atoms with Crippen LogP contribution in [0.4, 0.5) is 5.69 Å². The summed E-state index contributed by atoms with van der Waals surface area (Å²) in [6.07, 6.45) is 3.69. The van der Waals surface area contributed by atoms with Gasteiger partial charge < -0.3 is 14.8 Å². The Bertz CT molecular complexity index is 845. The molecule has 1 fully saturated rings. The van der Waals surface area contributed by atoms with E-state index in [0.29, 0.717) is 12.5 Å². The maximum Gasteiger partial charge on any atom is 0.247 e. The normalized spacial score (nSPS) is 17.7. The zero-order valence-electron chi connectivity index (χ0n) is 17.1. The Morgan fingerprint density at radius 1 is 1.22 bits per heavy atom. The molecule has 2 aromatic rings. The van der Waals surface area contributed by atoms with Gasteiger partial charge in [0.25, 0.3) is 0 Å². The Hall–Kier alpha value is -2.30. The average Bonchev–Trinajstić information content (AvgIpc) is 3.20. The molecule has 2 amide bonds. The van der Waals surface area contributed by atoms with Crippen LogP contribution in [0, 0.1) is 11.3 Å². The number of likely N-dealkylation sites (tertiary alicyclic amines) is 1. The summed E-state index contributed by atoms with van der Waals surface area (Å²) < 4.78 is 2.24. The van der Waals surface area contributed by atoms with Gasteiger partial charge in [0, 0.05) is 41.3 Å². The number of aromatic nitrogens is 1. The number of hydrogen-bond acceptors (Lipinski definition) is 2. The minimum atomic E-state index is -0.471. The molecule has 146 valence electrons. The highest BCUT2D eigenvalue weighted by Gasteiger charge is 2.38. The van der Waals surface area contributed by atoms with Crippen molar-refractivity contribution < 1.29 is 9.59 Å². The van der Waals surface area contributed by atoms with Crippen molar-refractivity contribution in [3.63, 3.8) is 0 Å². The molecule has 0 saturated carbocycles. The van der Waals surface area contributed by atoms with Gasteiger partial charge >= 0.3 is 0 Å². The Kier molecular flexibility index (Phi) is 5.31. The van der Waals surface area contributed by atoms with Gasteiger partial charge in [0.2, 0.25) is 11.8 Å². The van der Waals surface area contributed by atoms with Crippen molar-refractivity contribution >= 4 is 28.4 Å². The van der Waals surface area contributed by atoms with Crippen LogP contribution in [0.5, 0.6) is 0 Å². The lowest BCUT2D eigenvalue weighted by Gasteiger charge is -2.30. The fraction of sp³-hybridized carbons (Fsp3) is 0.545. The number of hydrogen-bond donors (Lipinski definition) is 1. The van der Waals surface area contributed by atoms with Gasteiger partial charge in [-0.1, -0.05) is 34.6 Å². The molecule has 0 aliphatic carbocycles. The van der Waals surface area contributed by atoms with Crippen LogP contribution < -0.4 is 5.32 Å². The average molecular weight is 370 g/mol. The molecule has 1 unspecified atom stereocenters. The molecular weight excluding hydrogens is 338 g/mol. The number of carbonyl (C=O) groups excluding carboxylic acids is 2. The number of amides is 2. The first kappa shape index (κ1) is 19.5. The van der Waals surface area contributed by atoms with Crippen LogP contribution in [-0.4, -0.2) is 33.9 Å². The van der Waals surface area contributed by atoms with Gasteiger partial charge in [-0.2, -0.15) is 0 Å². The number of nitrogens with one attached hydrogen (secondary N) is 1. The predicted molar refractivity (Wildman–Crippen MR) is 110 cm³/mol. The van der Waals surface area contributed by atoms with Crippen LogP contribution in [0.1, 0.15) is 47.5 Å². The zero-order valence-corrected chi connectivity index (χ0v) is 17.1. The molecule has 1 atom stereocenters. The Labute approximate surface area is 161 Å². The van der Waals surface area contributed by atoms with E-state index in [1.807, 2.05) is 32.9 Å². The van der Waals surface area contributed by atoms with E-state index in [1.54, 1.807) is 4.90 Å². The summed E-state index contributed by atoms with van der Waals surface area (Å²) in [5.74, 6) is 0.529. The Balaban J connectivity index is 1.74. The third-order valence-electron chi connectivity index (χ3n) is 5.06. The van der Waals surface area contributed by atoms with Gasteiger partial charge in [-0.25, -0.2) is 0 Å². The second-order valence-corrected chi connectivity index (χ2v) is 9.03. The highest BCUT2D eigenvalue weighted by atomic mass is 16.2. The fourth-order valence-electron chi connectivity index (χ4n) is 3.77. The Morgan fingerprint density at radius 2 is 1.96 bits per heavy atom. The molecular formula is C22H31N3O2. The van der Waals surface area contributed by atoms with E-state index in [2.05, 4.69) is 42.1 Å². The molecule has 0 spiro atoms. The lowest BCUT2D eigenvalue weighted by molar-refractivity contribution is -0.143. The lowest BCUT2D eigenvalue weighted by Crippen LogP contribution is -2.47. The number of benzene rings is 1. The van der Waals surface area contributed by atoms with Gasteiger partial charge in [0.1, 0.15) is 6.04 Å². The molecule has 1 aliphatic rings. The molecule has 0 radical (unpaired) electrons. The summed E-state index contributed by atoms with van der Waals surface area (Å²) in [4.78, 5) is 27.2. The molecule has 1 saturated heterocycles. The molecule has 2 heterocycles. The van der Waals surface area contributed by atoms with E-state index in [-0.39, 0.29) is 17.9 Å². The number of anilines is 1. The highest BCUT2D eigenvalue weighted by molar-refractivity contribution is 5.99.